The minimum atomic E-state index is -1.01. The fraction of sp³-hybridized carbons (Fsp3) is 0.255. The van der Waals surface area contributed by atoms with Crippen molar-refractivity contribution in [1.82, 2.24) is 20.5 Å². The van der Waals surface area contributed by atoms with E-state index < -0.39 is 36.1 Å². The molecule has 11 nitrogen and oxygen atoms in total. The van der Waals surface area contributed by atoms with Crippen LogP contribution in [0, 0.1) is 13.8 Å². The highest BCUT2D eigenvalue weighted by Crippen LogP contribution is 2.41. The van der Waals surface area contributed by atoms with E-state index in [1.165, 1.54) is 12.0 Å². The molecule has 0 radical (unpaired) electrons. The van der Waals surface area contributed by atoms with Crippen molar-refractivity contribution in [2.45, 2.75) is 71.0 Å². The summed E-state index contributed by atoms with van der Waals surface area (Å²) in [6.07, 6.45) is 1.69. The average Bonchev–Trinajstić information content (AvgIpc) is 3.31. The van der Waals surface area contributed by atoms with Crippen LogP contribution in [-0.2, 0) is 40.3 Å². The molecule has 8 rings (SSSR count). The van der Waals surface area contributed by atoms with Gasteiger partial charge in [0.05, 0.1) is 23.2 Å². The molecule has 2 N–H and O–H groups in total. The van der Waals surface area contributed by atoms with E-state index in [4.69, 9.17) is 42.1 Å². The van der Waals surface area contributed by atoms with E-state index in [0.717, 1.165) is 55.8 Å². The van der Waals surface area contributed by atoms with Crippen LogP contribution in [0.3, 0.4) is 0 Å². The van der Waals surface area contributed by atoms with Gasteiger partial charge in [0, 0.05) is 31.3 Å². The third-order valence-electron chi connectivity index (χ3n) is 11.8. The molecule has 0 unspecified atom stereocenters. The van der Waals surface area contributed by atoms with Crippen LogP contribution in [-0.4, -0.2) is 53.6 Å². The summed E-state index contributed by atoms with van der Waals surface area (Å²) < 4.78 is 24.1. The second kappa shape index (κ2) is 19.5. The number of rotatable bonds is 12. The highest BCUT2D eigenvalue weighted by Gasteiger charge is 2.38. The van der Waals surface area contributed by atoms with Gasteiger partial charge in [-0.15, -0.1) is 0 Å². The maximum Gasteiger partial charge on any atom is 0.328 e. The Hall–Kier alpha value is -6.56. The number of ether oxygens (including phenoxy) is 4. The standard InChI is InChI=1S/C51H48Cl2N4O7/c1-30-31(2)54-20-19-41(30)36-16-13-33(14-17-36)22-44(50(59)61-4)56-49(58)45-24-38-25-46-47(26-39(38)27-57(45)51(60)55-32(3)35-9-6-5-7-10-35)64-48(29-63-46)37-11-8-12-40(23-37)62-28-34-15-18-42(52)43(53)21-34/h5-21,23,25-26,32,44-45,48H,22,24,27-29H2,1-4H3,(H,55,60)(H,56,58)/t32-,44+,45+,48-/m1/s1. The SMILES string of the molecule is COC(=O)[C@H](Cc1ccc(-c2ccnc(C)c2C)cc1)NC(=O)[C@@H]1Cc2cc3c(cc2CN1C(=O)N[C@H](C)c1ccccc1)O[C@@H](c1cccc(OCc2ccc(Cl)c(Cl)c2)c1)CO3. The van der Waals surface area contributed by atoms with Crippen LogP contribution < -0.4 is 24.8 Å². The number of carbonyl (C=O) groups excluding carboxylic acids is 3. The maximum atomic E-state index is 14.5. The lowest BCUT2D eigenvalue weighted by Crippen LogP contribution is -2.58. The van der Waals surface area contributed by atoms with E-state index in [2.05, 4.69) is 15.6 Å². The van der Waals surface area contributed by atoms with Crippen LogP contribution in [0.15, 0.2) is 121 Å². The number of amides is 3. The van der Waals surface area contributed by atoms with Crippen molar-refractivity contribution in [2.24, 2.45) is 0 Å². The van der Waals surface area contributed by atoms with Crippen LogP contribution in [0.5, 0.6) is 17.2 Å². The number of carbonyl (C=O) groups is 3. The zero-order chi connectivity index (χ0) is 44.9. The molecule has 0 spiro atoms. The predicted octanol–water partition coefficient (Wildman–Crippen LogP) is 9.86. The predicted molar refractivity (Wildman–Crippen MR) is 246 cm³/mol. The highest BCUT2D eigenvalue weighted by atomic mass is 35.5. The minimum absolute atomic E-state index is 0.0956. The number of hydrogen-bond donors (Lipinski definition) is 2. The Morgan fingerprint density at radius 1 is 0.844 bits per heavy atom. The smallest absolute Gasteiger partial charge is 0.328 e. The second-order valence-electron chi connectivity index (χ2n) is 16.1. The molecule has 3 heterocycles. The number of halogens is 2. The maximum absolute atomic E-state index is 14.5. The first-order valence-electron chi connectivity index (χ1n) is 21.1. The summed E-state index contributed by atoms with van der Waals surface area (Å²) in [5, 5.41) is 6.97. The lowest BCUT2D eigenvalue weighted by atomic mass is 9.92. The third kappa shape index (κ3) is 9.96. The molecule has 13 heteroatoms. The Morgan fingerprint density at radius 3 is 2.38 bits per heavy atom. The summed E-state index contributed by atoms with van der Waals surface area (Å²) in [6, 6.07) is 33.5. The number of pyridine rings is 1. The Morgan fingerprint density at radius 2 is 1.61 bits per heavy atom. The van der Waals surface area contributed by atoms with Crippen molar-refractivity contribution in [3.05, 3.63) is 176 Å². The number of methoxy groups -OCH3 is 1. The lowest BCUT2D eigenvalue weighted by Gasteiger charge is -2.38. The normalized spacial score (nSPS) is 16.2. The van der Waals surface area contributed by atoms with E-state index in [-0.39, 0.29) is 32.0 Å². The number of hydrogen-bond acceptors (Lipinski definition) is 8. The van der Waals surface area contributed by atoms with Crippen LogP contribution in [0.4, 0.5) is 4.79 Å². The topological polar surface area (TPSA) is 128 Å². The van der Waals surface area contributed by atoms with Crippen LogP contribution >= 0.6 is 23.2 Å². The number of esters is 1. The van der Waals surface area contributed by atoms with Gasteiger partial charge in [-0.05, 0) is 113 Å². The summed E-state index contributed by atoms with van der Waals surface area (Å²) >= 11 is 12.3. The summed E-state index contributed by atoms with van der Waals surface area (Å²) in [4.78, 5) is 47.9. The molecule has 328 valence electrons. The molecule has 0 aliphatic carbocycles. The first-order chi connectivity index (χ1) is 30.9. The first kappa shape index (κ1) is 44.1. The van der Waals surface area contributed by atoms with Gasteiger partial charge < -0.3 is 34.5 Å². The molecule has 6 aromatic rings. The molecule has 0 fully saturated rings. The zero-order valence-corrected chi connectivity index (χ0v) is 37.4. The molecule has 0 saturated carbocycles. The van der Waals surface area contributed by atoms with E-state index in [9.17, 15) is 14.4 Å². The Kier molecular flexibility index (Phi) is 13.4. The number of aromatic nitrogens is 1. The Balaban J connectivity index is 1.01. The number of nitrogens with zero attached hydrogens (tertiary/aromatic N) is 2. The van der Waals surface area contributed by atoms with Gasteiger partial charge in [-0.2, -0.15) is 0 Å². The van der Waals surface area contributed by atoms with E-state index >= 15 is 0 Å². The van der Waals surface area contributed by atoms with Crippen molar-refractivity contribution in [2.75, 3.05) is 13.7 Å². The summed E-state index contributed by atoms with van der Waals surface area (Å²) in [7, 11) is 1.29. The average molecular weight is 900 g/mol. The van der Waals surface area contributed by atoms with Gasteiger partial charge >= 0.3 is 12.0 Å². The largest absolute Gasteiger partial charge is 0.489 e. The molecule has 64 heavy (non-hydrogen) atoms. The van der Waals surface area contributed by atoms with Gasteiger partial charge in [0.25, 0.3) is 0 Å². The molecule has 5 aromatic carbocycles. The molecule has 1 aromatic heterocycles. The summed E-state index contributed by atoms with van der Waals surface area (Å²) in [6.45, 7) is 6.54. The van der Waals surface area contributed by atoms with Gasteiger partial charge in [0.2, 0.25) is 5.91 Å². The molecule has 0 bridgehead atoms. The lowest BCUT2D eigenvalue weighted by molar-refractivity contribution is -0.145. The number of nitrogens with one attached hydrogen (secondary N) is 2. The third-order valence-corrected chi connectivity index (χ3v) is 12.6. The van der Waals surface area contributed by atoms with Crippen molar-refractivity contribution < 1.29 is 33.3 Å². The molecule has 3 amide bonds. The van der Waals surface area contributed by atoms with Crippen molar-refractivity contribution in [1.29, 1.82) is 0 Å². The van der Waals surface area contributed by atoms with Crippen LogP contribution in [0.2, 0.25) is 10.0 Å². The van der Waals surface area contributed by atoms with Gasteiger partial charge in [0.1, 0.15) is 31.0 Å². The van der Waals surface area contributed by atoms with Gasteiger partial charge in [-0.1, -0.05) is 96.0 Å². The highest BCUT2D eigenvalue weighted by molar-refractivity contribution is 6.42. The molecular weight excluding hydrogens is 851 g/mol. The minimum Gasteiger partial charge on any atom is -0.489 e. The van der Waals surface area contributed by atoms with Crippen molar-refractivity contribution in [3.8, 4) is 28.4 Å². The van der Waals surface area contributed by atoms with E-state index in [1.54, 1.807) is 18.3 Å². The Labute approximate surface area is 382 Å². The summed E-state index contributed by atoms with van der Waals surface area (Å²) in [5.41, 5.74) is 9.23. The van der Waals surface area contributed by atoms with Crippen LogP contribution in [0.1, 0.15) is 63.7 Å². The van der Waals surface area contributed by atoms with Crippen molar-refractivity contribution in [3.63, 3.8) is 0 Å². The number of urea groups is 1. The molecule has 2 aliphatic heterocycles. The van der Waals surface area contributed by atoms with Gasteiger partial charge in [-0.3, -0.25) is 9.78 Å². The molecule has 0 saturated heterocycles. The van der Waals surface area contributed by atoms with E-state index in [1.807, 2.05) is 124 Å². The van der Waals surface area contributed by atoms with E-state index in [0.29, 0.717) is 33.9 Å². The fourth-order valence-electron chi connectivity index (χ4n) is 8.07. The fourth-order valence-corrected chi connectivity index (χ4v) is 8.39. The molecule has 2 aliphatic rings. The first-order valence-corrected chi connectivity index (χ1v) is 21.8. The number of aryl methyl sites for hydroxylation is 1. The van der Waals surface area contributed by atoms with Crippen molar-refractivity contribution >= 4 is 41.1 Å². The number of benzene rings is 5. The van der Waals surface area contributed by atoms with Gasteiger partial charge in [-0.25, -0.2) is 9.59 Å². The van der Waals surface area contributed by atoms with Crippen LogP contribution in [0.25, 0.3) is 11.1 Å². The van der Waals surface area contributed by atoms with Gasteiger partial charge in [0.15, 0.2) is 17.6 Å². The number of fused-ring (bicyclic) bond motifs is 2. The monoisotopic (exact) mass is 898 g/mol. The molecule has 4 atom stereocenters. The zero-order valence-electron chi connectivity index (χ0n) is 35.9. The summed E-state index contributed by atoms with van der Waals surface area (Å²) in [5.74, 6) is 0.617. The Bertz CT molecular complexity index is 2680. The second-order valence-corrected chi connectivity index (χ2v) is 16.9. The molecular formula is C51H48Cl2N4O7. The quantitative estimate of drug-likeness (QED) is 0.116.